The number of likely N-dealkylation sites (tertiary alicyclic amines) is 1. The number of H-pyrrole nitrogens is 1. The van der Waals surface area contributed by atoms with E-state index in [1.54, 1.807) is 0 Å². The zero-order valence-corrected chi connectivity index (χ0v) is 13.7. The highest BCUT2D eigenvalue weighted by atomic mass is 35.5. The maximum absolute atomic E-state index is 6.20. The second-order valence-corrected chi connectivity index (χ2v) is 6.66. The van der Waals surface area contributed by atoms with Crippen molar-refractivity contribution in [3.05, 3.63) is 23.5 Å². The molecule has 3 rings (SSSR count). The molecule has 1 atom stereocenters. The Morgan fingerprint density at radius 1 is 1.48 bits per heavy atom. The molecule has 3 heterocycles. The van der Waals surface area contributed by atoms with Crippen LogP contribution in [0.5, 0.6) is 0 Å². The number of nitrogens with one attached hydrogen (secondary N) is 1. The van der Waals surface area contributed by atoms with Crippen LogP contribution in [-0.2, 0) is 6.54 Å². The van der Waals surface area contributed by atoms with Gasteiger partial charge < -0.3 is 5.73 Å². The highest BCUT2D eigenvalue weighted by Crippen LogP contribution is 2.28. The predicted molar refractivity (Wildman–Crippen MR) is 87.5 cm³/mol. The van der Waals surface area contributed by atoms with E-state index >= 15 is 0 Å². The average molecular weight is 310 g/mol. The molecule has 21 heavy (non-hydrogen) atoms. The number of nitrogens with two attached hydrogens (primary N) is 1. The first-order chi connectivity index (χ1) is 9.45. The molecule has 0 amide bonds. The fourth-order valence-electron chi connectivity index (χ4n) is 3.03. The smallest absolute Gasteiger partial charge is 0.181 e. The molecular weight excluding hydrogens is 286 g/mol. The summed E-state index contributed by atoms with van der Waals surface area (Å²) in [7, 11) is 0. The second kappa shape index (κ2) is 5.91. The van der Waals surface area contributed by atoms with Crippen molar-refractivity contribution in [2.45, 2.75) is 39.8 Å². The quantitative estimate of drug-likeness (QED) is 0.892. The van der Waals surface area contributed by atoms with Crippen LogP contribution in [0.1, 0.15) is 31.5 Å². The number of nitrogens with zero attached hydrogens (tertiary/aromatic N) is 3. The molecule has 0 aromatic carbocycles. The van der Waals surface area contributed by atoms with Crippen LogP contribution in [-0.4, -0.2) is 39.2 Å². The van der Waals surface area contributed by atoms with Crippen LogP contribution in [0, 0.1) is 12.3 Å². The second-order valence-electron chi connectivity index (χ2n) is 6.66. The Hall–Kier alpha value is -1.17. The molecule has 1 fully saturated rings. The first-order valence-electron chi connectivity index (χ1n) is 7.23. The molecule has 0 spiro atoms. The number of piperidine rings is 1. The standard InChI is InChI=1S/C15H23N5.ClH/c1-10-12-6-11(7-17-14(12)19-18-10)8-20-5-4-13(16)15(2,3)9-20;/h6-7,13H,4-5,8-9,16H2,1-3H3,(H,17,18,19);1H. The lowest BCUT2D eigenvalue weighted by Crippen LogP contribution is -2.52. The number of aryl methyl sites for hydroxylation is 1. The molecular formula is C15H24ClN5. The summed E-state index contributed by atoms with van der Waals surface area (Å²) in [5.74, 6) is 0. The van der Waals surface area contributed by atoms with Gasteiger partial charge >= 0.3 is 0 Å². The van der Waals surface area contributed by atoms with Crippen molar-refractivity contribution in [1.82, 2.24) is 20.1 Å². The molecule has 2 aromatic heterocycles. The summed E-state index contributed by atoms with van der Waals surface area (Å²) in [5.41, 5.74) is 9.50. The molecule has 1 saturated heterocycles. The zero-order chi connectivity index (χ0) is 14.3. The Balaban J connectivity index is 0.00000161. The number of hydrogen-bond acceptors (Lipinski definition) is 4. The Labute approximate surface area is 131 Å². The SMILES string of the molecule is Cc1[nH]nc2ncc(CN3CCC(N)C(C)(C)C3)cc12.Cl. The lowest BCUT2D eigenvalue weighted by Gasteiger charge is -2.42. The first-order valence-corrected chi connectivity index (χ1v) is 7.23. The maximum Gasteiger partial charge on any atom is 0.181 e. The largest absolute Gasteiger partial charge is 0.327 e. The molecule has 0 saturated carbocycles. The normalized spacial score (nSPS) is 22.2. The predicted octanol–water partition coefficient (Wildman–Crippen LogP) is 2.25. The van der Waals surface area contributed by atoms with Gasteiger partial charge in [-0.25, -0.2) is 4.98 Å². The van der Waals surface area contributed by atoms with Gasteiger partial charge in [0.2, 0.25) is 0 Å². The number of fused-ring (bicyclic) bond motifs is 1. The highest BCUT2D eigenvalue weighted by Gasteiger charge is 2.33. The fourth-order valence-corrected chi connectivity index (χ4v) is 3.03. The Morgan fingerprint density at radius 2 is 2.24 bits per heavy atom. The Kier molecular flexibility index (Phi) is 4.56. The van der Waals surface area contributed by atoms with Gasteiger partial charge in [-0.05, 0) is 30.4 Å². The number of halogens is 1. The van der Waals surface area contributed by atoms with Crippen LogP contribution in [0.15, 0.2) is 12.3 Å². The number of hydrogen-bond donors (Lipinski definition) is 2. The van der Waals surface area contributed by atoms with Gasteiger partial charge in [-0.15, -0.1) is 12.4 Å². The first kappa shape index (κ1) is 16.2. The van der Waals surface area contributed by atoms with Crippen molar-refractivity contribution < 1.29 is 0 Å². The summed E-state index contributed by atoms with van der Waals surface area (Å²) in [4.78, 5) is 6.90. The molecule has 0 radical (unpaired) electrons. The van der Waals surface area contributed by atoms with E-state index in [4.69, 9.17) is 5.73 Å². The van der Waals surface area contributed by atoms with Crippen LogP contribution in [0.4, 0.5) is 0 Å². The maximum atomic E-state index is 6.20. The summed E-state index contributed by atoms with van der Waals surface area (Å²) < 4.78 is 0. The third kappa shape index (κ3) is 3.20. The summed E-state index contributed by atoms with van der Waals surface area (Å²) in [6.07, 6.45) is 3.00. The van der Waals surface area contributed by atoms with Gasteiger partial charge in [0, 0.05) is 43.0 Å². The molecule has 1 aliphatic heterocycles. The molecule has 2 aromatic rings. The van der Waals surface area contributed by atoms with E-state index in [0.717, 1.165) is 42.8 Å². The van der Waals surface area contributed by atoms with Gasteiger partial charge in [-0.1, -0.05) is 13.8 Å². The topological polar surface area (TPSA) is 70.8 Å². The lowest BCUT2D eigenvalue weighted by atomic mass is 9.79. The van der Waals surface area contributed by atoms with Crippen molar-refractivity contribution in [2.24, 2.45) is 11.1 Å². The summed E-state index contributed by atoms with van der Waals surface area (Å²) >= 11 is 0. The summed E-state index contributed by atoms with van der Waals surface area (Å²) in [6, 6.07) is 2.50. The van der Waals surface area contributed by atoms with Crippen LogP contribution in [0.2, 0.25) is 0 Å². The van der Waals surface area contributed by atoms with E-state index in [1.807, 2.05) is 13.1 Å². The minimum atomic E-state index is 0. The van der Waals surface area contributed by atoms with Crippen molar-refractivity contribution in [3.63, 3.8) is 0 Å². The van der Waals surface area contributed by atoms with Crippen molar-refractivity contribution in [1.29, 1.82) is 0 Å². The van der Waals surface area contributed by atoms with Crippen molar-refractivity contribution in [2.75, 3.05) is 13.1 Å². The Morgan fingerprint density at radius 3 is 2.95 bits per heavy atom. The minimum Gasteiger partial charge on any atom is -0.327 e. The third-order valence-electron chi connectivity index (χ3n) is 4.45. The van der Waals surface area contributed by atoms with Crippen LogP contribution < -0.4 is 5.73 Å². The van der Waals surface area contributed by atoms with Crippen LogP contribution in [0.3, 0.4) is 0 Å². The van der Waals surface area contributed by atoms with Gasteiger partial charge in [0.05, 0.1) is 0 Å². The number of rotatable bonds is 2. The van der Waals surface area contributed by atoms with Gasteiger partial charge in [-0.3, -0.25) is 10.00 Å². The van der Waals surface area contributed by atoms with Gasteiger partial charge in [0.25, 0.3) is 0 Å². The van der Waals surface area contributed by atoms with Crippen LogP contribution in [0.25, 0.3) is 11.0 Å². The average Bonchev–Trinajstić information content (AvgIpc) is 2.75. The third-order valence-corrected chi connectivity index (χ3v) is 4.45. The lowest BCUT2D eigenvalue weighted by molar-refractivity contribution is 0.0898. The van der Waals surface area contributed by atoms with Gasteiger partial charge in [0.1, 0.15) is 0 Å². The van der Waals surface area contributed by atoms with Gasteiger partial charge in [-0.2, -0.15) is 5.10 Å². The van der Waals surface area contributed by atoms with E-state index < -0.39 is 0 Å². The van der Waals surface area contributed by atoms with E-state index in [2.05, 4.69) is 40.0 Å². The summed E-state index contributed by atoms with van der Waals surface area (Å²) in [5, 5.41) is 8.28. The van der Waals surface area contributed by atoms with Crippen LogP contribution >= 0.6 is 12.4 Å². The highest BCUT2D eigenvalue weighted by molar-refractivity contribution is 5.85. The number of aromatic nitrogens is 3. The fraction of sp³-hybridized carbons (Fsp3) is 0.600. The molecule has 3 N–H and O–H groups in total. The van der Waals surface area contributed by atoms with E-state index in [0.29, 0.717) is 6.04 Å². The van der Waals surface area contributed by atoms with E-state index in [-0.39, 0.29) is 17.8 Å². The molecule has 1 unspecified atom stereocenters. The minimum absolute atomic E-state index is 0. The number of pyridine rings is 1. The molecule has 0 bridgehead atoms. The monoisotopic (exact) mass is 309 g/mol. The van der Waals surface area contributed by atoms with E-state index in [9.17, 15) is 0 Å². The molecule has 6 heteroatoms. The molecule has 1 aliphatic rings. The van der Waals surface area contributed by atoms with Crippen molar-refractivity contribution in [3.8, 4) is 0 Å². The van der Waals surface area contributed by atoms with Crippen molar-refractivity contribution >= 4 is 23.4 Å². The van der Waals surface area contributed by atoms with E-state index in [1.165, 1.54) is 5.56 Å². The van der Waals surface area contributed by atoms with Gasteiger partial charge in [0.15, 0.2) is 5.65 Å². The molecule has 116 valence electrons. The molecule has 5 nitrogen and oxygen atoms in total. The Bertz CT molecular complexity index is 622. The zero-order valence-electron chi connectivity index (χ0n) is 12.9. The molecule has 0 aliphatic carbocycles. The summed E-state index contributed by atoms with van der Waals surface area (Å²) in [6.45, 7) is 9.58. The number of aromatic amines is 1.